The average molecular weight is 326 g/mol. The van der Waals surface area contributed by atoms with Crippen molar-refractivity contribution in [2.45, 2.75) is 0 Å². The molecule has 20 heavy (non-hydrogen) atoms. The molecule has 2 aromatic carbocycles. The Bertz CT molecular complexity index is 564. The third kappa shape index (κ3) is 3.89. The Balaban J connectivity index is 0.00000200. The van der Waals surface area contributed by atoms with E-state index in [9.17, 15) is 4.57 Å². The molecular formula is C14H15ClN2OPS-. The summed E-state index contributed by atoms with van der Waals surface area (Å²) >= 11 is 1.13. The van der Waals surface area contributed by atoms with E-state index >= 15 is 0 Å². The van der Waals surface area contributed by atoms with Gasteiger partial charge in [-0.1, -0.05) is 72.4 Å². The van der Waals surface area contributed by atoms with Gasteiger partial charge in [0.25, 0.3) is 0 Å². The standard InChI is InChI=1S/C14H15N2OPS.ClH/c15-14(16)19-11-18(17,12-7-3-1-4-8-12)13-9-5-2-6-10-13;/h1-10H,11H2,(H3,15,16);1H/p-1. The molecule has 0 radical (unpaired) electrons. The van der Waals surface area contributed by atoms with E-state index in [1.807, 2.05) is 60.7 Å². The van der Waals surface area contributed by atoms with Crippen LogP contribution in [0.15, 0.2) is 60.7 Å². The minimum absolute atomic E-state index is 0. The van der Waals surface area contributed by atoms with Crippen LogP contribution in [0.5, 0.6) is 0 Å². The van der Waals surface area contributed by atoms with Crippen LogP contribution in [-0.2, 0) is 4.57 Å². The Hall–Kier alpha value is -1.22. The third-order valence-corrected chi connectivity index (χ3v) is 7.29. The molecule has 0 aliphatic heterocycles. The summed E-state index contributed by atoms with van der Waals surface area (Å²) in [6, 6.07) is 18.8. The number of amidine groups is 1. The van der Waals surface area contributed by atoms with Gasteiger partial charge in [-0.2, -0.15) is 0 Å². The van der Waals surface area contributed by atoms with Gasteiger partial charge in [0.05, 0.1) is 5.49 Å². The molecule has 2 aromatic rings. The van der Waals surface area contributed by atoms with Crippen LogP contribution in [0.2, 0.25) is 0 Å². The van der Waals surface area contributed by atoms with Crippen LogP contribution in [-0.4, -0.2) is 10.7 Å². The lowest BCUT2D eigenvalue weighted by Crippen LogP contribution is -3.00. The highest BCUT2D eigenvalue weighted by atomic mass is 35.5. The normalized spacial score (nSPS) is 10.6. The van der Waals surface area contributed by atoms with Crippen LogP contribution in [0, 0.1) is 5.41 Å². The molecule has 0 bridgehead atoms. The minimum atomic E-state index is -2.74. The second-order valence-electron chi connectivity index (χ2n) is 4.05. The van der Waals surface area contributed by atoms with Crippen LogP contribution >= 0.6 is 18.9 Å². The Labute approximate surface area is 129 Å². The fraction of sp³-hybridized carbons (Fsp3) is 0.0714. The topological polar surface area (TPSA) is 66.9 Å². The molecule has 0 unspecified atom stereocenters. The summed E-state index contributed by atoms with van der Waals surface area (Å²) < 4.78 is 13.3. The Morgan fingerprint density at radius 3 is 1.75 bits per heavy atom. The molecule has 0 saturated carbocycles. The molecule has 0 aromatic heterocycles. The van der Waals surface area contributed by atoms with Gasteiger partial charge in [-0.25, -0.2) is 0 Å². The van der Waals surface area contributed by atoms with Gasteiger partial charge in [-0.15, -0.1) is 0 Å². The van der Waals surface area contributed by atoms with Crippen molar-refractivity contribution in [3.63, 3.8) is 0 Å². The molecule has 3 nitrogen and oxygen atoms in total. The van der Waals surface area contributed by atoms with Crippen LogP contribution in [0.1, 0.15) is 0 Å². The summed E-state index contributed by atoms with van der Waals surface area (Å²) in [7, 11) is -2.74. The van der Waals surface area contributed by atoms with E-state index in [1.165, 1.54) is 0 Å². The Morgan fingerprint density at radius 2 is 1.40 bits per heavy atom. The first kappa shape index (κ1) is 16.8. The minimum Gasteiger partial charge on any atom is -1.00 e. The number of nitrogens with two attached hydrogens (primary N) is 1. The molecule has 3 N–H and O–H groups in total. The second kappa shape index (κ2) is 7.53. The summed E-state index contributed by atoms with van der Waals surface area (Å²) in [6.45, 7) is 0. The zero-order chi connectivity index (χ0) is 13.7. The highest BCUT2D eigenvalue weighted by molar-refractivity contribution is 8.19. The molecule has 0 fully saturated rings. The Kier molecular flexibility index (Phi) is 6.34. The lowest BCUT2D eigenvalue weighted by Gasteiger charge is -2.18. The summed E-state index contributed by atoms with van der Waals surface area (Å²) in [6.07, 6.45) is 0. The molecular weight excluding hydrogens is 311 g/mol. The number of hydrogen-bond acceptors (Lipinski definition) is 3. The monoisotopic (exact) mass is 325 g/mol. The highest BCUT2D eigenvalue weighted by Crippen LogP contribution is 2.46. The van der Waals surface area contributed by atoms with Crippen LogP contribution in [0.25, 0.3) is 0 Å². The fourth-order valence-corrected chi connectivity index (χ4v) is 5.88. The smallest absolute Gasteiger partial charge is 0.153 e. The van der Waals surface area contributed by atoms with Gasteiger partial charge in [0.1, 0.15) is 0 Å². The number of halogens is 1. The molecule has 2 rings (SSSR count). The predicted molar refractivity (Wildman–Crippen MR) is 84.1 cm³/mol. The van der Waals surface area contributed by atoms with Crippen molar-refractivity contribution >= 4 is 34.7 Å². The van der Waals surface area contributed by atoms with E-state index in [2.05, 4.69) is 0 Å². The van der Waals surface area contributed by atoms with Crippen molar-refractivity contribution in [2.75, 3.05) is 5.49 Å². The predicted octanol–water partition coefficient (Wildman–Crippen LogP) is -0.411. The average Bonchev–Trinajstić information content (AvgIpc) is 2.46. The van der Waals surface area contributed by atoms with E-state index in [0.29, 0.717) is 5.49 Å². The number of benzene rings is 2. The van der Waals surface area contributed by atoms with Crippen molar-refractivity contribution in [3.05, 3.63) is 60.7 Å². The van der Waals surface area contributed by atoms with Gasteiger partial charge in [-0.05, 0) is 0 Å². The fourth-order valence-electron chi connectivity index (χ4n) is 1.80. The molecule has 0 atom stereocenters. The lowest BCUT2D eigenvalue weighted by atomic mass is 10.4. The van der Waals surface area contributed by atoms with Crippen LogP contribution in [0.3, 0.4) is 0 Å². The third-order valence-electron chi connectivity index (χ3n) is 2.75. The van der Waals surface area contributed by atoms with Crippen molar-refractivity contribution in [3.8, 4) is 0 Å². The first-order valence-corrected chi connectivity index (χ1v) is 8.68. The summed E-state index contributed by atoms with van der Waals surface area (Å²) in [4.78, 5) is 0. The Morgan fingerprint density at radius 1 is 1.00 bits per heavy atom. The maximum absolute atomic E-state index is 13.3. The van der Waals surface area contributed by atoms with E-state index in [0.717, 1.165) is 22.4 Å². The van der Waals surface area contributed by atoms with Crippen LogP contribution in [0.4, 0.5) is 0 Å². The first-order chi connectivity index (χ1) is 9.13. The van der Waals surface area contributed by atoms with E-state index < -0.39 is 7.14 Å². The quantitative estimate of drug-likeness (QED) is 0.456. The zero-order valence-corrected chi connectivity index (χ0v) is 13.2. The second-order valence-corrected chi connectivity index (χ2v) is 8.32. The molecule has 0 amide bonds. The summed E-state index contributed by atoms with van der Waals surface area (Å²) in [5.74, 6) is 0. The van der Waals surface area contributed by atoms with Gasteiger partial charge in [0, 0.05) is 10.6 Å². The zero-order valence-electron chi connectivity index (χ0n) is 10.7. The molecule has 0 spiro atoms. The molecule has 0 heterocycles. The van der Waals surface area contributed by atoms with Crippen molar-refractivity contribution in [1.82, 2.24) is 0 Å². The van der Waals surface area contributed by atoms with Crippen molar-refractivity contribution < 1.29 is 17.0 Å². The largest absolute Gasteiger partial charge is 1.00 e. The van der Waals surface area contributed by atoms with Crippen LogP contribution < -0.4 is 28.7 Å². The molecule has 6 heteroatoms. The SMILES string of the molecule is N=C(N)SCP(=O)(c1ccccc1)c1ccccc1.[Cl-]. The first-order valence-electron chi connectivity index (χ1n) is 5.80. The molecule has 0 aliphatic carbocycles. The number of thioether (sulfide) groups is 1. The number of hydrogen-bond donors (Lipinski definition) is 2. The van der Waals surface area contributed by atoms with Crippen molar-refractivity contribution in [1.29, 1.82) is 5.41 Å². The van der Waals surface area contributed by atoms with E-state index in [4.69, 9.17) is 11.1 Å². The maximum atomic E-state index is 13.3. The highest BCUT2D eigenvalue weighted by Gasteiger charge is 2.27. The number of nitrogens with one attached hydrogen (secondary N) is 1. The van der Waals surface area contributed by atoms with Gasteiger partial charge in [0.2, 0.25) is 0 Å². The summed E-state index contributed by atoms with van der Waals surface area (Å²) in [5.41, 5.74) is 5.70. The molecule has 0 saturated heterocycles. The maximum Gasteiger partial charge on any atom is 0.153 e. The van der Waals surface area contributed by atoms with Gasteiger partial charge in [-0.3, -0.25) is 5.41 Å². The summed E-state index contributed by atoms with van der Waals surface area (Å²) in [5, 5.41) is 8.91. The molecule has 0 aliphatic rings. The van der Waals surface area contributed by atoms with E-state index in [1.54, 1.807) is 0 Å². The van der Waals surface area contributed by atoms with E-state index in [-0.39, 0.29) is 17.6 Å². The molecule has 106 valence electrons. The van der Waals surface area contributed by atoms with Gasteiger partial charge >= 0.3 is 0 Å². The van der Waals surface area contributed by atoms with Crippen molar-refractivity contribution in [2.24, 2.45) is 5.73 Å². The lowest BCUT2D eigenvalue weighted by molar-refractivity contribution is -0.00000532. The van der Waals surface area contributed by atoms with Gasteiger partial charge in [0.15, 0.2) is 12.3 Å². The van der Waals surface area contributed by atoms with Gasteiger partial charge < -0.3 is 22.7 Å². The number of rotatable bonds is 4.